The van der Waals surface area contributed by atoms with E-state index < -0.39 is 10.8 Å². The highest BCUT2D eigenvalue weighted by Crippen LogP contribution is 2.22. The van der Waals surface area contributed by atoms with Crippen LogP contribution in [0, 0.1) is 10.1 Å². The van der Waals surface area contributed by atoms with Gasteiger partial charge in [0.25, 0.3) is 17.2 Å². The van der Waals surface area contributed by atoms with Crippen LogP contribution < -0.4 is 10.9 Å². The molecule has 1 aromatic carbocycles. The van der Waals surface area contributed by atoms with Crippen LogP contribution in [0.4, 0.5) is 5.69 Å². The lowest BCUT2D eigenvalue weighted by molar-refractivity contribution is -0.385. The third-order valence-corrected chi connectivity index (χ3v) is 3.75. The smallest absolute Gasteiger partial charge is 0.282 e. The second-order valence-corrected chi connectivity index (χ2v) is 5.70. The second-order valence-electron chi connectivity index (χ2n) is 5.27. The number of nitrogens with zero attached hydrogens (tertiary/aromatic N) is 6. The Bertz CT molecular complexity index is 1050. The quantitative estimate of drug-likeness (QED) is 0.486. The molecule has 0 atom stereocenters. The Morgan fingerprint density at radius 1 is 1.30 bits per heavy atom. The number of nitrogens with one attached hydrogen (secondary N) is 1. The molecule has 0 aliphatic carbocycles. The number of amides is 1. The molecule has 138 valence electrons. The van der Waals surface area contributed by atoms with Crippen molar-refractivity contribution in [2.75, 3.05) is 6.54 Å². The molecule has 0 aliphatic heterocycles. The fourth-order valence-corrected chi connectivity index (χ4v) is 2.44. The first-order chi connectivity index (χ1) is 13.0. The molecule has 2 heterocycles. The minimum atomic E-state index is -0.676. The standard InChI is InChI=1S/C15H12ClN7O4/c16-10-1-2-12(23(26)27)11(7-10)15(25)18-5-6-21-14(24)4-3-13(20-21)22-9-17-8-19-22/h1-4,7-9H,5-6H2,(H,18,25). The zero-order chi connectivity index (χ0) is 19.4. The number of benzene rings is 1. The first kappa shape index (κ1) is 18.2. The van der Waals surface area contributed by atoms with Crippen LogP contribution >= 0.6 is 11.6 Å². The van der Waals surface area contributed by atoms with Gasteiger partial charge in [0.15, 0.2) is 5.82 Å². The van der Waals surface area contributed by atoms with E-state index in [1.807, 2.05) is 0 Å². The fraction of sp³-hybridized carbons (Fsp3) is 0.133. The second kappa shape index (κ2) is 7.74. The van der Waals surface area contributed by atoms with E-state index in [1.54, 1.807) is 0 Å². The first-order valence-electron chi connectivity index (χ1n) is 7.61. The number of carbonyl (C=O) groups excluding carboxylic acids is 1. The Morgan fingerprint density at radius 2 is 2.11 bits per heavy atom. The number of aromatic nitrogens is 5. The Labute approximate surface area is 156 Å². The van der Waals surface area contributed by atoms with Crippen molar-refractivity contribution in [1.29, 1.82) is 0 Å². The Balaban J connectivity index is 1.71. The zero-order valence-electron chi connectivity index (χ0n) is 13.6. The van der Waals surface area contributed by atoms with Gasteiger partial charge in [0, 0.05) is 23.7 Å². The van der Waals surface area contributed by atoms with Crippen molar-refractivity contribution in [3.05, 3.63) is 74.0 Å². The van der Waals surface area contributed by atoms with Gasteiger partial charge in [0.1, 0.15) is 18.2 Å². The molecule has 1 amide bonds. The summed E-state index contributed by atoms with van der Waals surface area (Å²) in [6.07, 6.45) is 2.76. The molecule has 0 bridgehead atoms. The summed E-state index contributed by atoms with van der Waals surface area (Å²) in [5.41, 5.74) is -0.897. The molecule has 3 aromatic rings. The number of nitro benzene ring substituents is 1. The summed E-state index contributed by atoms with van der Waals surface area (Å²) in [7, 11) is 0. The van der Waals surface area contributed by atoms with Gasteiger partial charge in [0.2, 0.25) is 0 Å². The van der Waals surface area contributed by atoms with Crippen LogP contribution in [0.3, 0.4) is 0 Å². The molecule has 27 heavy (non-hydrogen) atoms. The fourth-order valence-electron chi connectivity index (χ4n) is 2.27. The highest BCUT2D eigenvalue weighted by atomic mass is 35.5. The lowest BCUT2D eigenvalue weighted by atomic mass is 10.1. The molecule has 2 aromatic heterocycles. The molecule has 1 N–H and O–H groups in total. The first-order valence-corrected chi connectivity index (χ1v) is 7.99. The SMILES string of the molecule is O=C(NCCn1nc(-n2cncn2)ccc1=O)c1cc(Cl)ccc1[N+](=O)[O-]. The highest BCUT2D eigenvalue weighted by molar-refractivity contribution is 6.31. The molecule has 0 radical (unpaired) electrons. The van der Waals surface area contributed by atoms with Crippen molar-refractivity contribution >= 4 is 23.2 Å². The minimum absolute atomic E-state index is 0.0240. The molecule has 3 rings (SSSR count). The summed E-state index contributed by atoms with van der Waals surface area (Å²) >= 11 is 5.81. The van der Waals surface area contributed by atoms with Gasteiger partial charge in [-0.3, -0.25) is 19.7 Å². The van der Waals surface area contributed by atoms with Crippen molar-refractivity contribution < 1.29 is 9.72 Å². The van der Waals surface area contributed by atoms with Gasteiger partial charge < -0.3 is 5.32 Å². The van der Waals surface area contributed by atoms with Gasteiger partial charge in [-0.15, -0.1) is 5.10 Å². The summed E-state index contributed by atoms with van der Waals surface area (Å²) in [6, 6.07) is 6.50. The molecule has 0 aliphatic rings. The minimum Gasteiger partial charge on any atom is -0.350 e. The van der Waals surface area contributed by atoms with Crippen molar-refractivity contribution in [2.45, 2.75) is 6.54 Å². The molecule has 0 spiro atoms. The number of halogens is 1. The van der Waals surface area contributed by atoms with E-state index in [9.17, 15) is 19.7 Å². The van der Waals surface area contributed by atoms with Gasteiger partial charge in [-0.2, -0.15) is 5.10 Å². The van der Waals surface area contributed by atoms with Crippen LogP contribution in [0.5, 0.6) is 0 Å². The molecule has 12 heteroatoms. The molecule has 0 fully saturated rings. The van der Waals surface area contributed by atoms with Crippen LogP contribution in [0.2, 0.25) is 5.02 Å². The van der Waals surface area contributed by atoms with E-state index in [4.69, 9.17) is 11.6 Å². The number of nitro groups is 1. The van der Waals surface area contributed by atoms with Crippen molar-refractivity contribution in [2.24, 2.45) is 0 Å². The molecule has 0 unspecified atom stereocenters. The summed E-state index contributed by atoms with van der Waals surface area (Å²) in [5, 5.41) is 21.8. The van der Waals surface area contributed by atoms with Crippen molar-refractivity contribution in [3.8, 4) is 5.82 Å². The number of rotatable bonds is 6. The maximum absolute atomic E-state index is 12.2. The predicted molar refractivity (Wildman–Crippen MR) is 93.9 cm³/mol. The van der Waals surface area contributed by atoms with Crippen LogP contribution in [0.1, 0.15) is 10.4 Å². The lowest BCUT2D eigenvalue weighted by Crippen LogP contribution is -2.32. The summed E-state index contributed by atoms with van der Waals surface area (Å²) < 4.78 is 2.52. The summed E-state index contributed by atoms with van der Waals surface area (Å²) in [5.74, 6) is -0.298. The van der Waals surface area contributed by atoms with Crippen molar-refractivity contribution in [1.82, 2.24) is 29.9 Å². The van der Waals surface area contributed by atoms with Gasteiger partial charge in [-0.1, -0.05) is 11.6 Å². The lowest BCUT2D eigenvalue weighted by Gasteiger charge is -2.08. The molecular weight excluding hydrogens is 378 g/mol. The normalized spacial score (nSPS) is 10.6. The van der Waals surface area contributed by atoms with E-state index in [1.165, 1.54) is 41.6 Å². The van der Waals surface area contributed by atoms with E-state index in [0.717, 1.165) is 10.7 Å². The van der Waals surface area contributed by atoms with E-state index in [0.29, 0.717) is 5.82 Å². The largest absolute Gasteiger partial charge is 0.350 e. The van der Waals surface area contributed by atoms with E-state index in [2.05, 4.69) is 20.5 Å². The van der Waals surface area contributed by atoms with Crippen LogP contribution in [0.25, 0.3) is 5.82 Å². The average molecular weight is 390 g/mol. The maximum Gasteiger partial charge on any atom is 0.282 e. The van der Waals surface area contributed by atoms with E-state index >= 15 is 0 Å². The van der Waals surface area contributed by atoms with Gasteiger partial charge in [-0.05, 0) is 18.2 Å². The molecule has 0 saturated carbocycles. The van der Waals surface area contributed by atoms with Gasteiger partial charge >= 0.3 is 0 Å². The van der Waals surface area contributed by atoms with Crippen LogP contribution in [-0.2, 0) is 6.54 Å². The monoisotopic (exact) mass is 389 g/mol. The molecule has 11 nitrogen and oxygen atoms in total. The topological polar surface area (TPSA) is 138 Å². The summed E-state index contributed by atoms with van der Waals surface area (Å²) in [4.78, 5) is 38.3. The third kappa shape index (κ3) is 4.15. The molecule has 0 saturated heterocycles. The Hall–Kier alpha value is -3.60. The van der Waals surface area contributed by atoms with Crippen molar-refractivity contribution in [3.63, 3.8) is 0 Å². The number of hydrogen-bond donors (Lipinski definition) is 1. The third-order valence-electron chi connectivity index (χ3n) is 3.52. The Morgan fingerprint density at radius 3 is 2.81 bits per heavy atom. The van der Waals surface area contributed by atoms with Crippen LogP contribution in [-0.4, -0.2) is 41.9 Å². The van der Waals surface area contributed by atoms with Gasteiger partial charge in [0.05, 0.1) is 11.5 Å². The zero-order valence-corrected chi connectivity index (χ0v) is 14.4. The van der Waals surface area contributed by atoms with E-state index in [-0.39, 0.29) is 34.9 Å². The average Bonchev–Trinajstić information content (AvgIpc) is 3.17. The molecular formula is C15H12ClN7O4. The van der Waals surface area contributed by atoms with Crippen LogP contribution in [0.15, 0.2) is 47.8 Å². The predicted octanol–water partition coefficient (Wildman–Crippen LogP) is 0.816. The highest BCUT2D eigenvalue weighted by Gasteiger charge is 2.20. The maximum atomic E-state index is 12.2. The number of hydrogen-bond acceptors (Lipinski definition) is 7. The number of carbonyl (C=O) groups is 1. The van der Waals surface area contributed by atoms with Gasteiger partial charge in [-0.25, -0.2) is 14.3 Å². The Kier molecular flexibility index (Phi) is 5.22. The summed E-state index contributed by atoms with van der Waals surface area (Å²) in [6.45, 7) is 0.0810.